The monoisotopic (exact) mass is 261 g/mol. The number of hydrogen-bond acceptors (Lipinski definition) is 4. The number of carbonyl (C=O) groups is 1. The highest BCUT2D eigenvalue weighted by Gasteiger charge is 2.48. The standard InChI is InChI=1S/C13H19N5O/c19-12(7-9-4-3-8-6-10(8)9)18-5-1-2-11(18)13-14-16-17-15-13/h8-11H,1-7H2,(H,14,15,16,17)/t8?,9?,10?,11-/m0/s1. The van der Waals surface area contributed by atoms with Crippen LogP contribution in [0.5, 0.6) is 0 Å². The molecule has 0 bridgehead atoms. The molecule has 2 saturated carbocycles. The van der Waals surface area contributed by atoms with Crippen LogP contribution in [0.25, 0.3) is 0 Å². The zero-order valence-electron chi connectivity index (χ0n) is 11.0. The Hall–Kier alpha value is -1.46. The van der Waals surface area contributed by atoms with Crippen molar-refractivity contribution in [3.8, 4) is 0 Å². The van der Waals surface area contributed by atoms with E-state index in [1.54, 1.807) is 0 Å². The Bertz CT molecular complexity index is 473. The number of aromatic nitrogens is 4. The Balaban J connectivity index is 1.44. The molecule has 3 fully saturated rings. The summed E-state index contributed by atoms with van der Waals surface area (Å²) in [4.78, 5) is 14.5. The molecule has 2 aliphatic carbocycles. The van der Waals surface area contributed by atoms with E-state index >= 15 is 0 Å². The van der Waals surface area contributed by atoms with Gasteiger partial charge < -0.3 is 4.90 Å². The number of H-pyrrole nitrogens is 1. The Labute approximate surface area is 111 Å². The van der Waals surface area contributed by atoms with Crippen LogP contribution in [0.3, 0.4) is 0 Å². The summed E-state index contributed by atoms with van der Waals surface area (Å²) < 4.78 is 0. The first-order valence-corrected chi connectivity index (χ1v) is 7.35. The number of fused-ring (bicyclic) bond motifs is 1. The largest absolute Gasteiger partial charge is 0.332 e. The highest BCUT2D eigenvalue weighted by molar-refractivity contribution is 5.77. The molecule has 0 aromatic carbocycles. The van der Waals surface area contributed by atoms with E-state index in [1.165, 1.54) is 19.3 Å². The molecule has 19 heavy (non-hydrogen) atoms. The highest BCUT2D eigenvalue weighted by atomic mass is 16.2. The molecule has 4 rings (SSSR count). The summed E-state index contributed by atoms with van der Waals surface area (Å²) in [7, 11) is 0. The van der Waals surface area contributed by atoms with Gasteiger partial charge in [0.05, 0.1) is 6.04 Å². The summed E-state index contributed by atoms with van der Waals surface area (Å²) in [6, 6.07) is 0.0441. The van der Waals surface area contributed by atoms with E-state index in [4.69, 9.17) is 0 Å². The molecule has 1 aromatic rings. The van der Waals surface area contributed by atoms with Gasteiger partial charge in [0.25, 0.3) is 0 Å². The molecule has 3 unspecified atom stereocenters. The van der Waals surface area contributed by atoms with Crippen molar-refractivity contribution in [3.63, 3.8) is 0 Å². The minimum absolute atomic E-state index is 0.0441. The third-order valence-corrected chi connectivity index (χ3v) is 5.16. The Kier molecular flexibility index (Phi) is 2.56. The predicted octanol–water partition coefficient (Wildman–Crippen LogP) is 1.30. The van der Waals surface area contributed by atoms with Crippen molar-refractivity contribution in [2.45, 2.75) is 44.6 Å². The molecule has 102 valence electrons. The van der Waals surface area contributed by atoms with Crippen LogP contribution >= 0.6 is 0 Å². The van der Waals surface area contributed by atoms with E-state index in [9.17, 15) is 4.79 Å². The lowest BCUT2D eigenvalue weighted by Crippen LogP contribution is -2.32. The summed E-state index contributed by atoms with van der Waals surface area (Å²) in [5.41, 5.74) is 0. The third-order valence-electron chi connectivity index (χ3n) is 5.16. The van der Waals surface area contributed by atoms with Crippen molar-refractivity contribution in [2.24, 2.45) is 17.8 Å². The first-order valence-electron chi connectivity index (χ1n) is 7.35. The predicted molar refractivity (Wildman–Crippen MR) is 66.8 cm³/mol. The van der Waals surface area contributed by atoms with Gasteiger partial charge in [0.2, 0.25) is 5.91 Å². The topological polar surface area (TPSA) is 74.8 Å². The van der Waals surface area contributed by atoms with Crippen molar-refractivity contribution < 1.29 is 4.79 Å². The molecular weight excluding hydrogens is 242 g/mol. The molecule has 6 nitrogen and oxygen atoms in total. The number of tetrazole rings is 1. The second-order valence-electron chi connectivity index (χ2n) is 6.22. The molecule has 2 heterocycles. The third kappa shape index (κ3) is 1.93. The van der Waals surface area contributed by atoms with Crippen molar-refractivity contribution in [2.75, 3.05) is 6.54 Å². The molecule has 1 saturated heterocycles. The van der Waals surface area contributed by atoms with Crippen molar-refractivity contribution >= 4 is 5.91 Å². The fourth-order valence-corrected chi connectivity index (χ4v) is 4.06. The summed E-state index contributed by atoms with van der Waals surface area (Å²) in [5, 5.41) is 14.2. The number of carbonyl (C=O) groups excluding carboxylic acids is 1. The van der Waals surface area contributed by atoms with Crippen LogP contribution in [0.15, 0.2) is 0 Å². The number of amides is 1. The van der Waals surface area contributed by atoms with Gasteiger partial charge >= 0.3 is 0 Å². The number of aromatic amines is 1. The van der Waals surface area contributed by atoms with Gasteiger partial charge in [0.1, 0.15) is 0 Å². The zero-order valence-corrected chi connectivity index (χ0v) is 11.0. The first kappa shape index (κ1) is 11.4. The van der Waals surface area contributed by atoms with Gasteiger partial charge in [-0.3, -0.25) is 4.79 Å². The van der Waals surface area contributed by atoms with Crippen LogP contribution in [-0.2, 0) is 4.79 Å². The summed E-state index contributed by atoms with van der Waals surface area (Å²) in [5.74, 6) is 3.41. The maximum absolute atomic E-state index is 12.5. The van der Waals surface area contributed by atoms with E-state index < -0.39 is 0 Å². The van der Waals surface area contributed by atoms with Crippen molar-refractivity contribution in [3.05, 3.63) is 5.82 Å². The lowest BCUT2D eigenvalue weighted by molar-refractivity contribution is -0.133. The van der Waals surface area contributed by atoms with Crippen molar-refractivity contribution in [1.82, 2.24) is 25.5 Å². The Morgan fingerprint density at radius 1 is 1.37 bits per heavy atom. The molecule has 1 aliphatic heterocycles. The molecule has 4 atom stereocenters. The smallest absolute Gasteiger partial charge is 0.223 e. The molecule has 1 amide bonds. The Morgan fingerprint density at radius 2 is 2.32 bits per heavy atom. The molecule has 3 aliphatic rings. The number of hydrogen-bond donors (Lipinski definition) is 1. The van der Waals surface area contributed by atoms with E-state index in [0.717, 1.165) is 37.6 Å². The average molecular weight is 261 g/mol. The first-order chi connectivity index (χ1) is 9.33. The second-order valence-corrected chi connectivity index (χ2v) is 6.22. The molecule has 6 heteroatoms. The van der Waals surface area contributed by atoms with Gasteiger partial charge in [0, 0.05) is 13.0 Å². The summed E-state index contributed by atoms with van der Waals surface area (Å²) >= 11 is 0. The molecule has 0 radical (unpaired) electrons. The SMILES string of the molecule is O=C(CC1CCC2CC12)N1CCC[C@H]1c1nn[nH]n1. The second kappa shape index (κ2) is 4.28. The van der Waals surface area contributed by atoms with Gasteiger partial charge in [-0.2, -0.15) is 5.21 Å². The van der Waals surface area contributed by atoms with Gasteiger partial charge in [0.15, 0.2) is 5.82 Å². The van der Waals surface area contributed by atoms with Crippen LogP contribution < -0.4 is 0 Å². The number of rotatable bonds is 3. The lowest BCUT2D eigenvalue weighted by atomic mass is 9.98. The fraction of sp³-hybridized carbons (Fsp3) is 0.846. The van der Waals surface area contributed by atoms with Crippen molar-refractivity contribution in [1.29, 1.82) is 0 Å². The van der Waals surface area contributed by atoms with Gasteiger partial charge in [-0.1, -0.05) is 5.21 Å². The Morgan fingerprint density at radius 3 is 3.00 bits per heavy atom. The quantitative estimate of drug-likeness (QED) is 0.890. The van der Waals surface area contributed by atoms with Gasteiger partial charge in [-0.25, -0.2) is 0 Å². The lowest BCUT2D eigenvalue weighted by Gasteiger charge is -2.24. The average Bonchev–Trinajstić information content (AvgIpc) is 2.85. The molecule has 0 spiro atoms. The molecule has 1 N–H and O–H groups in total. The van der Waals surface area contributed by atoms with E-state index in [1.807, 2.05) is 4.90 Å². The van der Waals surface area contributed by atoms with Crippen LogP contribution in [0.4, 0.5) is 0 Å². The molecule has 1 aromatic heterocycles. The van der Waals surface area contributed by atoms with Crippen LogP contribution in [0.1, 0.15) is 50.4 Å². The van der Waals surface area contributed by atoms with Crippen LogP contribution in [-0.4, -0.2) is 38.0 Å². The minimum Gasteiger partial charge on any atom is -0.332 e. The van der Waals surface area contributed by atoms with Gasteiger partial charge in [-0.15, -0.1) is 10.2 Å². The van der Waals surface area contributed by atoms with E-state index in [2.05, 4.69) is 20.6 Å². The summed E-state index contributed by atoms with van der Waals surface area (Å²) in [6.07, 6.45) is 6.70. The maximum Gasteiger partial charge on any atom is 0.223 e. The van der Waals surface area contributed by atoms with Crippen LogP contribution in [0.2, 0.25) is 0 Å². The zero-order chi connectivity index (χ0) is 12.8. The normalized spacial score (nSPS) is 36.5. The number of nitrogens with zero attached hydrogens (tertiary/aromatic N) is 4. The minimum atomic E-state index is 0.0441. The highest BCUT2D eigenvalue weighted by Crippen LogP contribution is 2.56. The van der Waals surface area contributed by atoms with E-state index in [0.29, 0.717) is 17.6 Å². The molecular formula is C13H19N5O. The summed E-state index contributed by atoms with van der Waals surface area (Å²) in [6.45, 7) is 0.846. The van der Waals surface area contributed by atoms with Gasteiger partial charge in [-0.05, 0) is 49.9 Å². The number of nitrogens with one attached hydrogen (secondary N) is 1. The maximum atomic E-state index is 12.5. The van der Waals surface area contributed by atoms with Crippen LogP contribution in [0, 0.1) is 17.8 Å². The van der Waals surface area contributed by atoms with E-state index in [-0.39, 0.29) is 6.04 Å². The number of likely N-dealkylation sites (tertiary alicyclic amines) is 1. The fourth-order valence-electron chi connectivity index (χ4n) is 4.06.